The number of halogens is 3. The fraction of sp³-hybridized carbons (Fsp3) is 0.238. The van der Waals surface area contributed by atoms with Crippen LogP contribution >= 0.6 is 0 Å². The number of aromatic nitrogens is 1. The molecule has 1 aromatic heterocycles. The van der Waals surface area contributed by atoms with Crippen molar-refractivity contribution in [2.24, 2.45) is 0 Å². The molecule has 1 fully saturated rings. The van der Waals surface area contributed by atoms with Crippen molar-refractivity contribution in [1.82, 2.24) is 4.98 Å². The van der Waals surface area contributed by atoms with Gasteiger partial charge in [0.2, 0.25) is 0 Å². The van der Waals surface area contributed by atoms with Crippen LogP contribution in [0, 0.1) is 11.3 Å². The number of nitriles is 1. The summed E-state index contributed by atoms with van der Waals surface area (Å²) in [5, 5.41) is 9.92. The number of piperazine rings is 1. The van der Waals surface area contributed by atoms with E-state index in [1.807, 2.05) is 24.3 Å². The van der Waals surface area contributed by atoms with Gasteiger partial charge in [0.05, 0.1) is 17.1 Å². The number of fused-ring (bicyclic) bond motifs is 1. The molecule has 0 aliphatic carbocycles. The first-order chi connectivity index (χ1) is 13.9. The van der Waals surface area contributed by atoms with Gasteiger partial charge in [0.1, 0.15) is 11.6 Å². The molecule has 2 heterocycles. The minimum atomic E-state index is -4.68. The van der Waals surface area contributed by atoms with Gasteiger partial charge in [0, 0.05) is 37.3 Å². The lowest BCUT2D eigenvalue weighted by Crippen LogP contribution is -2.46. The molecule has 1 aliphatic heterocycles. The highest BCUT2D eigenvalue weighted by atomic mass is 19.4. The Kier molecular flexibility index (Phi) is 4.89. The molecule has 0 atom stereocenters. The molecule has 0 unspecified atom stereocenters. The van der Waals surface area contributed by atoms with Crippen LogP contribution in [0.3, 0.4) is 0 Å². The lowest BCUT2D eigenvalue weighted by molar-refractivity contribution is -0.274. The summed E-state index contributed by atoms with van der Waals surface area (Å²) < 4.78 is 40.7. The maximum Gasteiger partial charge on any atom is 0.573 e. The molecule has 8 heteroatoms. The molecule has 0 amide bonds. The van der Waals surface area contributed by atoms with Crippen LogP contribution in [0.1, 0.15) is 5.56 Å². The summed E-state index contributed by atoms with van der Waals surface area (Å²) in [4.78, 5) is 8.99. The van der Waals surface area contributed by atoms with Gasteiger partial charge in [-0.15, -0.1) is 13.2 Å². The normalized spacial score (nSPS) is 14.7. The van der Waals surface area contributed by atoms with Crippen molar-refractivity contribution < 1.29 is 17.9 Å². The van der Waals surface area contributed by atoms with Crippen LogP contribution < -0.4 is 14.5 Å². The topological polar surface area (TPSA) is 52.4 Å². The summed E-state index contributed by atoms with van der Waals surface area (Å²) in [6.07, 6.45) is -4.68. The first-order valence-corrected chi connectivity index (χ1v) is 9.08. The highest BCUT2D eigenvalue weighted by Crippen LogP contribution is 2.27. The number of pyridine rings is 1. The molecule has 2 aromatic carbocycles. The van der Waals surface area contributed by atoms with Gasteiger partial charge in [-0.2, -0.15) is 5.26 Å². The number of ether oxygens (including phenoxy) is 1. The number of nitrogens with zero attached hydrogens (tertiary/aromatic N) is 4. The predicted molar refractivity (Wildman–Crippen MR) is 104 cm³/mol. The van der Waals surface area contributed by atoms with Gasteiger partial charge in [0.15, 0.2) is 0 Å². The monoisotopic (exact) mass is 398 g/mol. The zero-order chi connectivity index (χ0) is 20.4. The van der Waals surface area contributed by atoms with Crippen LogP contribution in [-0.2, 0) is 0 Å². The minimum Gasteiger partial charge on any atom is -0.406 e. The first kappa shape index (κ1) is 18.9. The van der Waals surface area contributed by atoms with Crippen LogP contribution in [0.2, 0.25) is 0 Å². The van der Waals surface area contributed by atoms with Gasteiger partial charge >= 0.3 is 6.36 Å². The van der Waals surface area contributed by atoms with Crippen molar-refractivity contribution in [3.05, 3.63) is 60.2 Å². The third-order valence-corrected chi connectivity index (χ3v) is 4.84. The van der Waals surface area contributed by atoms with E-state index in [0.29, 0.717) is 5.56 Å². The van der Waals surface area contributed by atoms with Gasteiger partial charge in [0.25, 0.3) is 0 Å². The molecule has 0 spiro atoms. The van der Waals surface area contributed by atoms with Crippen molar-refractivity contribution in [1.29, 1.82) is 5.26 Å². The van der Waals surface area contributed by atoms with E-state index in [1.165, 1.54) is 12.1 Å². The van der Waals surface area contributed by atoms with Gasteiger partial charge in [-0.1, -0.05) is 0 Å². The zero-order valence-corrected chi connectivity index (χ0v) is 15.4. The van der Waals surface area contributed by atoms with E-state index < -0.39 is 6.36 Å². The summed E-state index contributed by atoms with van der Waals surface area (Å²) in [6.45, 7) is 2.95. The second-order valence-corrected chi connectivity index (χ2v) is 6.70. The number of rotatable bonds is 3. The molecule has 3 aromatic rings. The van der Waals surface area contributed by atoms with Crippen molar-refractivity contribution in [3.8, 4) is 11.8 Å². The summed E-state index contributed by atoms with van der Waals surface area (Å²) in [7, 11) is 0. The molecular formula is C21H17F3N4O. The lowest BCUT2D eigenvalue weighted by Gasteiger charge is -2.36. The largest absolute Gasteiger partial charge is 0.573 e. The van der Waals surface area contributed by atoms with Gasteiger partial charge in [-0.05, 0) is 54.6 Å². The molecule has 0 N–H and O–H groups in total. The number of alkyl halides is 3. The molecule has 4 rings (SSSR count). The zero-order valence-electron chi connectivity index (χ0n) is 15.4. The van der Waals surface area contributed by atoms with Crippen LogP contribution in [0.4, 0.5) is 24.7 Å². The molecule has 1 aliphatic rings. The fourth-order valence-corrected chi connectivity index (χ4v) is 3.41. The number of hydrogen-bond donors (Lipinski definition) is 0. The summed E-state index contributed by atoms with van der Waals surface area (Å²) in [5.41, 5.74) is 2.30. The molecule has 1 saturated heterocycles. The molecule has 0 radical (unpaired) electrons. The van der Waals surface area contributed by atoms with Crippen molar-refractivity contribution >= 4 is 22.4 Å². The Labute approximate surface area is 165 Å². The van der Waals surface area contributed by atoms with Gasteiger partial charge in [-0.25, -0.2) is 4.98 Å². The molecule has 0 saturated carbocycles. The summed E-state index contributed by atoms with van der Waals surface area (Å²) in [5.74, 6) is 0.649. The van der Waals surface area contributed by atoms with Crippen molar-refractivity contribution in [2.75, 3.05) is 36.0 Å². The van der Waals surface area contributed by atoms with E-state index in [4.69, 9.17) is 10.2 Å². The predicted octanol–water partition coefficient (Wildman–Crippen LogP) is 4.33. The number of anilines is 2. The second-order valence-electron chi connectivity index (χ2n) is 6.70. The third-order valence-electron chi connectivity index (χ3n) is 4.84. The van der Waals surface area contributed by atoms with Crippen LogP contribution in [0.25, 0.3) is 10.9 Å². The summed E-state index contributed by atoms with van der Waals surface area (Å²) in [6, 6.07) is 17.4. The highest BCUT2D eigenvalue weighted by molar-refractivity contribution is 5.81. The van der Waals surface area contributed by atoms with Gasteiger partial charge < -0.3 is 14.5 Å². The Morgan fingerprint density at radius 3 is 2.24 bits per heavy atom. The Morgan fingerprint density at radius 1 is 0.897 bits per heavy atom. The average molecular weight is 398 g/mol. The van der Waals surface area contributed by atoms with Crippen molar-refractivity contribution in [3.63, 3.8) is 0 Å². The Bertz CT molecular complexity index is 1050. The molecule has 29 heavy (non-hydrogen) atoms. The second kappa shape index (κ2) is 7.51. The van der Waals surface area contributed by atoms with E-state index in [1.54, 1.807) is 18.2 Å². The van der Waals surface area contributed by atoms with Crippen LogP contribution in [0.5, 0.6) is 5.75 Å². The van der Waals surface area contributed by atoms with E-state index in [2.05, 4.69) is 20.6 Å². The Morgan fingerprint density at radius 2 is 1.59 bits per heavy atom. The lowest BCUT2D eigenvalue weighted by atomic mass is 10.1. The Hall–Kier alpha value is -3.47. The molecule has 0 bridgehead atoms. The number of benzene rings is 2. The van der Waals surface area contributed by atoms with E-state index in [0.717, 1.165) is 48.6 Å². The van der Waals surface area contributed by atoms with Crippen LogP contribution in [0.15, 0.2) is 54.6 Å². The smallest absolute Gasteiger partial charge is 0.406 e. The molecule has 5 nitrogen and oxygen atoms in total. The highest BCUT2D eigenvalue weighted by Gasteiger charge is 2.31. The van der Waals surface area contributed by atoms with E-state index in [-0.39, 0.29) is 5.75 Å². The van der Waals surface area contributed by atoms with Gasteiger partial charge in [-0.3, -0.25) is 0 Å². The number of hydrogen-bond acceptors (Lipinski definition) is 5. The van der Waals surface area contributed by atoms with E-state index >= 15 is 0 Å². The quantitative estimate of drug-likeness (QED) is 0.657. The van der Waals surface area contributed by atoms with Crippen molar-refractivity contribution in [2.45, 2.75) is 6.36 Å². The van der Waals surface area contributed by atoms with Crippen LogP contribution in [-0.4, -0.2) is 37.5 Å². The van der Waals surface area contributed by atoms with E-state index in [9.17, 15) is 13.2 Å². The standard InChI is InChI=1S/C21H17F3N4O/c22-21(23,24)29-18-5-3-17(4-6-18)27-9-11-28(12-10-27)20-8-2-16-13-15(14-25)1-7-19(16)26-20/h1-8,13H,9-12H2. The summed E-state index contributed by atoms with van der Waals surface area (Å²) >= 11 is 0. The SMILES string of the molecule is N#Cc1ccc2nc(N3CCN(c4ccc(OC(F)(F)F)cc4)CC3)ccc2c1. The Balaban J connectivity index is 1.41. The fourth-order valence-electron chi connectivity index (χ4n) is 3.41. The maximum atomic E-state index is 12.3. The molecule has 148 valence electrons. The minimum absolute atomic E-state index is 0.222. The molecular weight excluding hydrogens is 381 g/mol. The average Bonchev–Trinajstić information content (AvgIpc) is 2.72. The maximum absolute atomic E-state index is 12.3. The first-order valence-electron chi connectivity index (χ1n) is 9.08. The third kappa shape index (κ3) is 4.35.